The molecule has 0 aliphatic heterocycles. The molecule has 2 heterocycles. The van der Waals surface area contributed by atoms with Crippen LogP contribution in [-0.4, -0.2) is 20.5 Å². The number of imidazole rings is 1. The fraction of sp³-hybridized carbons (Fsp3) is 0.250. The number of hydrogen-bond acceptors (Lipinski definition) is 3. The van der Waals surface area contributed by atoms with Crippen molar-refractivity contribution in [3.8, 4) is 11.3 Å². The van der Waals surface area contributed by atoms with Gasteiger partial charge in [-0.2, -0.15) is 13.2 Å². The first-order chi connectivity index (χ1) is 11.6. The number of thiazole rings is 1. The van der Waals surface area contributed by atoms with E-state index in [9.17, 15) is 18.0 Å². The van der Waals surface area contributed by atoms with Crippen molar-refractivity contribution in [2.24, 2.45) is 0 Å². The molecule has 0 fully saturated rings. The van der Waals surface area contributed by atoms with Crippen molar-refractivity contribution in [1.82, 2.24) is 9.38 Å². The minimum atomic E-state index is -4.80. The number of carbonyl (C=O) groups is 1. The molecule has 0 unspecified atom stereocenters. The van der Waals surface area contributed by atoms with E-state index in [0.717, 1.165) is 9.96 Å². The van der Waals surface area contributed by atoms with Crippen molar-refractivity contribution in [2.45, 2.75) is 26.4 Å². The molecule has 0 bridgehead atoms. The molecule has 1 N–H and O–H groups in total. The third kappa shape index (κ3) is 2.89. The minimum Gasteiger partial charge on any atom is -0.477 e. The van der Waals surface area contributed by atoms with Crippen LogP contribution < -0.4 is 0 Å². The fourth-order valence-corrected chi connectivity index (χ4v) is 3.84. The molecule has 0 radical (unpaired) electrons. The molecule has 0 spiro atoms. The average Bonchev–Trinajstić information content (AvgIpc) is 3.04. The molecule has 4 nitrogen and oxygen atoms in total. The highest BCUT2D eigenvalue weighted by Gasteiger charge is 2.41. The molecule has 3 rings (SSSR count). The number of aryl methyl sites for hydroxylation is 2. The smallest absolute Gasteiger partial charge is 0.433 e. The summed E-state index contributed by atoms with van der Waals surface area (Å²) in [5, 5.41) is 9.67. The number of hydrogen-bond donors (Lipinski definition) is 1. The molecule has 0 saturated carbocycles. The Morgan fingerprint density at radius 2 is 2.08 bits per heavy atom. The van der Waals surface area contributed by atoms with E-state index in [4.69, 9.17) is 16.7 Å². The monoisotopic (exact) mass is 388 g/mol. The molecule has 25 heavy (non-hydrogen) atoms. The predicted molar refractivity (Wildman–Crippen MR) is 89.6 cm³/mol. The first-order valence-corrected chi connectivity index (χ1v) is 8.45. The van der Waals surface area contributed by atoms with E-state index in [2.05, 4.69) is 4.98 Å². The second-order valence-electron chi connectivity index (χ2n) is 5.43. The van der Waals surface area contributed by atoms with Crippen LogP contribution >= 0.6 is 22.9 Å². The van der Waals surface area contributed by atoms with Crippen molar-refractivity contribution >= 4 is 33.9 Å². The maximum Gasteiger partial charge on any atom is 0.433 e. The number of fused-ring (bicyclic) bond motifs is 1. The zero-order valence-electron chi connectivity index (χ0n) is 13.1. The summed E-state index contributed by atoms with van der Waals surface area (Å²) in [6.07, 6.45) is -4.54. The first-order valence-electron chi connectivity index (χ1n) is 7.26. The van der Waals surface area contributed by atoms with Gasteiger partial charge in [0.05, 0.1) is 11.4 Å². The van der Waals surface area contributed by atoms with Crippen LogP contribution in [0.5, 0.6) is 0 Å². The largest absolute Gasteiger partial charge is 0.477 e. The minimum absolute atomic E-state index is 0.00387. The van der Waals surface area contributed by atoms with E-state index >= 15 is 0 Å². The Labute approximate surface area is 149 Å². The maximum atomic E-state index is 13.5. The Morgan fingerprint density at radius 3 is 2.60 bits per heavy atom. The van der Waals surface area contributed by atoms with E-state index in [1.807, 2.05) is 0 Å². The van der Waals surface area contributed by atoms with Gasteiger partial charge in [-0.1, -0.05) is 35.9 Å². The van der Waals surface area contributed by atoms with Crippen LogP contribution in [0.3, 0.4) is 0 Å². The van der Waals surface area contributed by atoms with Gasteiger partial charge in [0, 0.05) is 10.6 Å². The summed E-state index contributed by atoms with van der Waals surface area (Å²) in [7, 11) is 0. The van der Waals surface area contributed by atoms with Crippen LogP contribution in [-0.2, 0) is 12.6 Å². The molecule has 0 saturated heterocycles. The van der Waals surface area contributed by atoms with E-state index in [-0.39, 0.29) is 11.4 Å². The zero-order chi connectivity index (χ0) is 18.5. The Kier molecular flexibility index (Phi) is 4.28. The van der Waals surface area contributed by atoms with Gasteiger partial charge in [0.1, 0.15) is 4.88 Å². The highest BCUT2D eigenvalue weighted by Crippen LogP contribution is 2.40. The summed E-state index contributed by atoms with van der Waals surface area (Å²) in [5.74, 6) is -1.62. The van der Waals surface area contributed by atoms with E-state index < -0.39 is 22.7 Å². The molecule has 0 atom stereocenters. The Hall–Kier alpha value is -2.06. The summed E-state index contributed by atoms with van der Waals surface area (Å²) < 4.78 is 41.4. The molecule has 2 aromatic heterocycles. The quantitative estimate of drug-likeness (QED) is 0.662. The number of carboxylic acid groups (broad SMARTS) is 1. The average molecular weight is 389 g/mol. The molecular formula is C16H12ClF3N2O2S. The summed E-state index contributed by atoms with van der Waals surface area (Å²) in [4.78, 5) is 14.7. The molecule has 9 heteroatoms. The number of benzene rings is 1. The number of nitrogens with zero attached hydrogens (tertiary/aromatic N) is 2. The van der Waals surface area contributed by atoms with Crippen molar-refractivity contribution < 1.29 is 23.1 Å². The van der Waals surface area contributed by atoms with Crippen molar-refractivity contribution in [3.63, 3.8) is 0 Å². The van der Waals surface area contributed by atoms with Crippen LogP contribution in [0.25, 0.3) is 16.2 Å². The lowest BCUT2D eigenvalue weighted by atomic mass is 10.1. The second-order valence-corrected chi connectivity index (χ2v) is 6.81. The Bertz CT molecular complexity index is 992. The fourth-order valence-electron chi connectivity index (χ4n) is 2.72. The van der Waals surface area contributed by atoms with Crippen molar-refractivity contribution in [2.75, 3.05) is 0 Å². The van der Waals surface area contributed by atoms with E-state index in [1.165, 1.54) is 0 Å². The van der Waals surface area contributed by atoms with Gasteiger partial charge < -0.3 is 5.11 Å². The van der Waals surface area contributed by atoms with Crippen molar-refractivity contribution in [3.05, 3.63) is 45.1 Å². The topological polar surface area (TPSA) is 54.6 Å². The molecule has 3 aromatic rings. The summed E-state index contributed by atoms with van der Waals surface area (Å²) in [6, 6.07) is 5.10. The Morgan fingerprint density at radius 1 is 1.40 bits per heavy atom. The van der Waals surface area contributed by atoms with E-state index in [0.29, 0.717) is 33.3 Å². The van der Waals surface area contributed by atoms with Gasteiger partial charge in [-0.05, 0) is 31.0 Å². The summed E-state index contributed by atoms with van der Waals surface area (Å²) in [6.45, 7) is 3.49. The summed E-state index contributed by atoms with van der Waals surface area (Å²) in [5.41, 5.74) is 0.935. The van der Waals surface area contributed by atoms with Gasteiger partial charge >= 0.3 is 12.1 Å². The number of carboxylic acids is 1. The number of aromatic nitrogens is 2. The van der Waals surface area contributed by atoms with Crippen LogP contribution in [0.15, 0.2) is 18.2 Å². The number of halogens is 4. The highest BCUT2D eigenvalue weighted by atomic mass is 35.5. The van der Waals surface area contributed by atoms with Crippen molar-refractivity contribution in [1.29, 1.82) is 0 Å². The van der Waals surface area contributed by atoms with Crippen LogP contribution in [0.4, 0.5) is 13.2 Å². The number of alkyl halides is 3. The molecule has 0 aliphatic rings. The lowest BCUT2D eigenvalue weighted by Crippen LogP contribution is -2.15. The number of aromatic carboxylic acids is 1. The molecule has 0 amide bonds. The zero-order valence-corrected chi connectivity index (χ0v) is 14.7. The molecule has 0 aliphatic carbocycles. The van der Waals surface area contributed by atoms with Gasteiger partial charge in [-0.25, -0.2) is 9.78 Å². The van der Waals surface area contributed by atoms with E-state index in [1.54, 1.807) is 32.0 Å². The third-order valence-corrected chi connectivity index (χ3v) is 5.26. The number of rotatable bonds is 3. The van der Waals surface area contributed by atoms with Gasteiger partial charge in [-0.3, -0.25) is 4.40 Å². The first kappa shape index (κ1) is 17.8. The van der Waals surface area contributed by atoms with Gasteiger partial charge in [0.15, 0.2) is 10.7 Å². The molecule has 1 aromatic carbocycles. The normalized spacial score (nSPS) is 12.1. The Balaban J connectivity index is 2.35. The standard InChI is InChI=1S/C16H12ClF3N2O2S/c1-3-10-11(8-4-5-9(17)7(2)6-8)21-15-22(10)13(16(18,19)20)12(25-15)14(23)24/h4-6H,3H2,1-2H3,(H,23,24). The third-order valence-electron chi connectivity index (χ3n) is 3.80. The van der Waals surface area contributed by atoms with Crippen LogP contribution in [0, 0.1) is 6.92 Å². The van der Waals surface area contributed by atoms with Gasteiger partial charge in [-0.15, -0.1) is 0 Å². The van der Waals surface area contributed by atoms with Gasteiger partial charge in [0.25, 0.3) is 0 Å². The van der Waals surface area contributed by atoms with Crippen LogP contribution in [0.2, 0.25) is 5.02 Å². The second kappa shape index (κ2) is 6.03. The molecular weight excluding hydrogens is 377 g/mol. The van der Waals surface area contributed by atoms with Crippen LogP contribution in [0.1, 0.15) is 33.5 Å². The lowest BCUT2D eigenvalue weighted by molar-refractivity contribution is -0.142. The molecule has 132 valence electrons. The maximum absolute atomic E-state index is 13.5. The summed E-state index contributed by atoms with van der Waals surface area (Å²) >= 11 is 6.52. The lowest BCUT2D eigenvalue weighted by Gasteiger charge is -2.10. The predicted octanol–water partition coefficient (Wildman–Crippen LogP) is 5.30. The highest BCUT2D eigenvalue weighted by molar-refractivity contribution is 7.19. The SMILES string of the molecule is CCc1c(-c2ccc(Cl)c(C)c2)nc2sc(C(=O)O)c(C(F)(F)F)n12. The van der Waals surface area contributed by atoms with Gasteiger partial charge in [0.2, 0.25) is 0 Å².